The smallest absolute Gasteiger partial charge is 0.268 e. The second-order valence-corrected chi connectivity index (χ2v) is 11.5. The van der Waals surface area contributed by atoms with E-state index in [4.69, 9.17) is 0 Å². The molecule has 3 heterocycles. The number of rotatable bonds is 7. The van der Waals surface area contributed by atoms with Gasteiger partial charge in [0.2, 0.25) is 5.91 Å². The molecule has 2 amide bonds. The minimum atomic E-state index is -3.16. The SMILES string of the molecule is CCCc1ccc(C(NC(=O)C2=NN(C3CCS(=O)(=O)C3)C(=O)CC2)c2cccs2)cc1. The Morgan fingerprint density at radius 2 is 2.03 bits per heavy atom. The molecular formula is C23H27N3O4S2. The fourth-order valence-electron chi connectivity index (χ4n) is 4.14. The lowest BCUT2D eigenvalue weighted by atomic mass is 10.0. The molecule has 2 aliphatic rings. The van der Waals surface area contributed by atoms with Crippen LogP contribution in [0.2, 0.25) is 0 Å². The first-order valence-corrected chi connectivity index (χ1v) is 13.6. The van der Waals surface area contributed by atoms with Gasteiger partial charge in [0.1, 0.15) is 5.71 Å². The van der Waals surface area contributed by atoms with E-state index in [-0.39, 0.29) is 47.9 Å². The van der Waals surface area contributed by atoms with Crippen molar-refractivity contribution >= 4 is 38.7 Å². The van der Waals surface area contributed by atoms with Crippen molar-refractivity contribution in [3.8, 4) is 0 Å². The number of nitrogens with zero attached hydrogens (tertiary/aromatic N) is 2. The summed E-state index contributed by atoms with van der Waals surface area (Å²) in [4.78, 5) is 26.5. The number of hydrogen-bond acceptors (Lipinski definition) is 6. The van der Waals surface area contributed by atoms with Gasteiger partial charge in [-0.3, -0.25) is 9.59 Å². The van der Waals surface area contributed by atoms with E-state index in [9.17, 15) is 18.0 Å². The fourth-order valence-corrected chi connectivity index (χ4v) is 6.64. The van der Waals surface area contributed by atoms with Crippen molar-refractivity contribution in [2.24, 2.45) is 5.10 Å². The van der Waals surface area contributed by atoms with Crippen LogP contribution >= 0.6 is 11.3 Å². The maximum Gasteiger partial charge on any atom is 0.268 e. The summed E-state index contributed by atoms with van der Waals surface area (Å²) >= 11 is 1.56. The first-order chi connectivity index (χ1) is 15.4. The highest BCUT2D eigenvalue weighted by Gasteiger charge is 2.37. The molecule has 1 aromatic heterocycles. The molecule has 9 heteroatoms. The summed E-state index contributed by atoms with van der Waals surface area (Å²) < 4.78 is 23.7. The molecule has 0 aliphatic carbocycles. The molecule has 1 aromatic carbocycles. The number of thiophene rings is 1. The van der Waals surface area contributed by atoms with Crippen molar-refractivity contribution in [3.05, 3.63) is 57.8 Å². The number of nitrogens with one attached hydrogen (secondary N) is 1. The number of carbonyl (C=O) groups is 2. The lowest BCUT2D eigenvalue weighted by molar-refractivity contribution is -0.133. The van der Waals surface area contributed by atoms with E-state index < -0.39 is 15.9 Å². The maximum absolute atomic E-state index is 13.1. The van der Waals surface area contributed by atoms with Gasteiger partial charge in [0, 0.05) is 17.7 Å². The third kappa shape index (κ3) is 5.10. The molecular weight excluding hydrogens is 446 g/mol. The van der Waals surface area contributed by atoms with E-state index in [1.54, 1.807) is 11.3 Å². The van der Waals surface area contributed by atoms with Crippen molar-refractivity contribution in [1.82, 2.24) is 10.3 Å². The van der Waals surface area contributed by atoms with E-state index in [2.05, 4.69) is 29.5 Å². The molecule has 0 radical (unpaired) electrons. The van der Waals surface area contributed by atoms with Gasteiger partial charge < -0.3 is 5.32 Å². The van der Waals surface area contributed by atoms with Crippen molar-refractivity contribution in [3.63, 3.8) is 0 Å². The second-order valence-electron chi connectivity index (χ2n) is 8.26. The molecule has 32 heavy (non-hydrogen) atoms. The summed E-state index contributed by atoms with van der Waals surface area (Å²) in [6, 6.07) is 11.4. The standard InChI is InChI=1S/C23H27N3O4S2/c1-2-4-16-6-8-17(9-7-16)22(20-5-3-13-31-20)24-23(28)19-10-11-21(27)26(25-19)18-12-14-32(29,30)15-18/h3,5-9,13,18,22H,2,4,10-12,14-15H2,1H3,(H,24,28). The molecule has 0 saturated carbocycles. The number of carbonyl (C=O) groups excluding carboxylic acids is 2. The van der Waals surface area contributed by atoms with E-state index in [1.807, 2.05) is 29.6 Å². The Bertz CT molecular complexity index is 1110. The monoisotopic (exact) mass is 473 g/mol. The van der Waals surface area contributed by atoms with E-state index >= 15 is 0 Å². The van der Waals surface area contributed by atoms with Crippen LogP contribution in [0.15, 0.2) is 46.9 Å². The molecule has 4 rings (SSSR count). The highest BCUT2D eigenvalue weighted by molar-refractivity contribution is 7.91. The number of amides is 2. The molecule has 1 fully saturated rings. The van der Waals surface area contributed by atoms with Gasteiger partial charge in [-0.25, -0.2) is 13.4 Å². The summed E-state index contributed by atoms with van der Waals surface area (Å²) in [5.41, 5.74) is 2.50. The molecule has 0 bridgehead atoms. The topological polar surface area (TPSA) is 95.9 Å². The molecule has 1 N–H and O–H groups in total. The van der Waals surface area contributed by atoms with Crippen molar-refractivity contribution in [1.29, 1.82) is 0 Å². The van der Waals surface area contributed by atoms with Gasteiger partial charge in [-0.05, 0) is 35.4 Å². The summed E-state index contributed by atoms with van der Waals surface area (Å²) in [5, 5.41) is 10.6. The molecule has 170 valence electrons. The van der Waals surface area contributed by atoms with Crippen LogP contribution in [0.4, 0.5) is 0 Å². The predicted octanol–water partition coefficient (Wildman–Crippen LogP) is 3.07. The van der Waals surface area contributed by atoms with Gasteiger partial charge in [0.15, 0.2) is 9.84 Å². The third-order valence-corrected chi connectivity index (χ3v) is 8.52. The third-order valence-electron chi connectivity index (χ3n) is 5.83. The van der Waals surface area contributed by atoms with Gasteiger partial charge in [-0.15, -0.1) is 11.3 Å². The van der Waals surface area contributed by atoms with Crippen LogP contribution < -0.4 is 5.32 Å². The van der Waals surface area contributed by atoms with E-state index in [1.165, 1.54) is 10.6 Å². The Balaban J connectivity index is 1.55. The van der Waals surface area contributed by atoms with Crippen LogP contribution in [-0.2, 0) is 25.8 Å². The van der Waals surface area contributed by atoms with Crippen LogP contribution in [0, 0.1) is 0 Å². The number of aryl methyl sites for hydroxylation is 1. The first-order valence-electron chi connectivity index (χ1n) is 10.9. The van der Waals surface area contributed by atoms with E-state index in [0.29, 0.717) is 6.42 Å². The minimum Gasteiger partial charge on any atom is -0.339 e. The average molecular weight is 474 g/mol. The summed E-state index contributed by atoms with van der Waals surface area (Å²) in [7, 11) is -3.16. The van der Waals surface area contributed by atoms with Gasteiger partial charge in [-0.2, -0.15) is 5.10 Å². The Hall–Kier alpha value is -2.52. The lowest BCUT2D eigenvalue weighted by Gasteiger charge is -2.28. The van der Waals surface area contributed by atoms with Crippen molar-refractivity contribution < 1.29 is 18.0 Å². The molecule has 7 nitrogen and oxygen atoms in total. The zero-order valence-electron chi connectivity index (χ0n) is 18.0. The zero-order valence-corrected chi connectivity index (χ0v) is 19.6. The van der Waals surface area contributed by atoms with Crippen LogP contribution in [0.25, 0.3) is 0 Å². The largest absolute Gasteiger partial charge is 0.339 e. The number of sulfone groups is 1. The zero-order chi connectivity index (χ0) is 22.7. The fraction of sp³-hybridized carbons (Fsp3) is 0.435. The number of benzene rings is 1. The van der Waals surface area contributed by atoms with Crippen molar-refractivity contribution in [2.75, 3.05) is 11.5 Å². The highest BCUT2D eigenvalue weighted by Crippen LogP contribution is 2.27. The molecule has 2 atom stereocenters. The molecule has 0 spiro atoms. The molecule has 2 aliphatic heterocycles. The summed E-state index contributed by atoms with van der Waals surface area (Å²) in [5.74, 6) is -0.615. The van der Waals surface area contributed by atoms with Gasteiger partial charge in [0.05, 0.1) is 23.6 Å². The molecule has 1 saturated heterocycles. The first kappa shape index (κ1) is 22.7. The van der Waals surface area contributed by atoms with Gasteiger partial charge in [0.25, 0.3) is 5.91 Å². The molecule has 2 aromatic rings. The highest BCUT2D eigenvalue weighted by atomic mass is 32.2. The Morgan fingerprint density at radius 3 is 2.66 bits per heavy atom. The summed E-state index contributed by atoms with van der Waals surface area (Å²) in [6.07, 6.45) is 2.83. The maximum atomic E-state index is 13.1. The normalized spacial score (nSPS) is 21.3. The minimum absolute atomic E-state index is 0.0486. The number of hydrogen-bond donors (Lipinski definition) is 1. The van der Waals surface area contributed by atoms with Crippen molar-refractivity contribution in [2.45, 2.75) is 51.1 Å². The Labute approximate surface area is 192 Å². The Kier molecular flexibility index (Phi) is 6.76. The average Bonchev–Trinajstić information content (AvgIpc) is 3.43. The quantitative estimate of drug-likeness (QED) is 0.668. The Morgan fingerprint density at radius 1 is 1.25 bits per heavy atom. The summed E-state index contributed by atoms with van der Waals surface area (Å²) in [6.45, 7) is 2.14. The van der Waals surface area contributed by atoms with Crippen LogP contribution in [-0.4, -0.2) is 48.5 Å². The van der Waals surface area contributed by atoms with Crippen LogP contribution in [0.5, 0.6) is 0 Å². The second kappa shape index (κ2) is 9.54. The van der Waals surface area contributed by atoms with Crippen LogP contribution in [0.1, 0.15) is 54.7 Å². The lowest BCUT2D eigenvalue weighted by Crippen LogP contribution is -2.44. The number of hydrazone groups is 1. The predicted molar refractivity (Wildman–Crippen MR) is 125 cm³/mol. The van der Waals surface area contributed by atoms with E-state index in [0.717, 1.165) is 23.3 Å². The van der Waals surface area contributed by atoms with Gasteiger partial charge in [-0.1, -0.05) is 43.7 Å². The molecule has 2 unspecified atom stereocenters. The van der Waals surface area contributed by atoms with Crippen LogP contribution in [0.3, 0.4) is 0 Å². The van der Waals surface area contributed by atoms with Gasteiger partial charge >= 0.3 is 0 Å².